The smallest absolute Gasteiger partial charge is 0.305 e. The lowest BCUT2D eigenvalue weighted by Crippen LogP contribution is -2.35. The second-order valence-corrected chi connectivity index (χ2v) is 4.46. The summed E-state index contributed by atoms with van der Waals surface area (Å²) in [5, 5.41) is 11.3. The van der Waals surface area contributed by atoms with Crippen LogP contribution in [0.1, 0.15) is 46.0 Å². The molecule has 2 N–H and O–H groups in total. The zero-order chi connectivity index (χ0) is 14.7. The summed E-state index contributed by atoms with van der Waals surface area (Å²) < 4.78 is 0. The van der Waals surface area contributed by atoms with Crippen molar-refractivity contribution in [3.8, 4) is 0 Å². The molecule has 0 fully saturated rings. The number of carbonyl (C=O) groups is 3. The zero-order valence-corrected chi connectivity index (χ0v) is 11.8. The maximum atomic E-state index is 11.9. The maximum Gasteiger partial charge on any atom is 0.305 e. The normalized spacial score (nSPS) is 10.0. The summed E-state index contributed by atoms with van der Waals surface area (Å²) in [6.07, 6.45) is 2.80. The fourth-order valence-electron chi connectivity index (χ4n) is 1.61. The Morgan fingerprint density at radius 1 is 1.11 bits per heavy atom. The monoisotopic (exact) mass is 272 g/mol. The molecule has 0 aliphatic carbocycles. The highest BCUT2D eigenvalue weighted by Gasteiger charge is 2.13. The van der Waals surface area contributed by atoms with Crippen molar-refractivity contribution < 1.29 is 19.5 Å². The lowest BCUT2D eigenvalue weighted by atomic mass is 10.2. The molecule has 0 saturated heterocycles. The number of carbonyl (C=O) groups excluding carboxylic acids is 2. The van der Waals surface area contributed by atoms with Crippen LogP contribution in [0.25, 0.3) is 0 Å². The van der Waals surface area contributed by atoms with Gasteiger partial charge in [0.1, 0.15) is 0 Å². The quantitative estimate of drug-likeness (QED) is 0.581. The lowest BCUT2D eigenvalue weighted by molar-refractivity contribution is -0.138. The average Bonchev–Trinajstić information content (AvgIpc) is 2.34. The molecule has 2 amide bonds. The Labute approximate surface area is 114 Å². The molecule has 0 atom stereocenters. The van der Waals surface area contributed by atoms with E-state index in [1.807, 2.05) is 6.92 Å². The molecular weight excluding hydrogens is 248 g/mol. The fraction of sp³-hybridized carbons (Fsp3) is 0.769. The van der Waals surface area contributed by atoms with E-state index in [9.17, 15) is 14.4 Å². The Bertz CT molecular complexity index is 305. The van der Waals surface area contributed by atoms with Gasteiger partial charge in [-0.25, -0.2) is 0 Å². The van der Waals surface area contributed by atoms with Crippen LogP contribution in [0.4, 0.5) is 0 Å². The van der Waals surface area contributed by atoms with E-state index in [0.717, 1.165) is 12.8 Å². The van der Waals surface area contributed by atoms with Gasteiger partial charge in [0.15, 0.2) is 0 Å². The number of rotatable bonds is 10. The summed E-state index contributed by atoms with van der Waals surface area (Å²) >= 11 is 0. The third kappa shape index (κ3) is 10.1. The average molecular weight is 272 g/mol. The van der Waals surface area contributed by atoms with E-state index in [1.165, 1.54) is 6.92 Å². The van der Waals surface area contributed by atoms with Gasteiger partial charge in [-0.05, 0) is 12.8 Å². The van der Waals surface area contributed by atoms with Crippen molar-refractivity contribution in [3.63, 3.8) is 0 Å². The predicted molar refractivity (Wildman–Crippen MR) is 71.7 cm³/mol. The number of hydrogen-bond acceptors (Lipinski definition) is 3. The molecule has 0 aromatic heterocycles. The van der Waals surface area contributed by atoms with Crippen molar-refractivity contribution in [2.75, 3.05) is 19.6 Å². The summed E-state index contributed by atoms with van der Waals surface area (Å²) in [7, 11) is 0. The van der Waals surface area contributed by atoms with Gasteiger partial charge in [-0.2, -0.15) is 0 Å². The number of nitrogens with zero attached hydrogens (tertiary/aromatic N) is 1. The number of carboxylic acids is 1. The molecule has 0 unspecified atom stereocenters. The summed E-state index contributed by atoms with van der Waals surface area (Å²) in [6, 6.07) is 0. The van der Waals surface area contributed by atoms with E-state index >= 15 is 0 Å². The van der Waals surface area contributed by atoms with Crippen LogP contribution >= 0.6 is 0 Å². The van der Waals surface area contributed by atoms with Crippen molar-refractivity contribution in [2.45, 2.75) is 46.0 Å². The molecule has 0 heterocycles. The van der Waals surface area contributed by atoms with Crippen LogP contribution in [0.15, 0.2) is 0 Å². The minimum absolute atomic E-state index is 0.00840. The van der Waals surface area contributed by atoms with E-state index in [1.54, 1.807) is 4.90 Å². The number of amides is 2. The molecule has 0 aliphatic rings. The Kier molecular flexibility index (Phi) is 9.48. The van der Waals surface area contributed by atoms with E-state index in [4.69, 9.17) is 5.11 Å². The summed E-state index contributed by atoms with van der Waals surface area (Å²) in [5.41, 5.74) is 0. The highest BCUT2D eigenvalue weighted by atomic mass is 16.4. The first-order chi connectivity index (χ1) is 8.97. The number of nitrogens with one attached hydrogen (secondary N) is 1. The Morgan fingerprint density at radius 2 is 1.79 bits per heavy atom. The molecule has 6 nitrogen and oxygen atoms in total. The number of carboxylic acid groups (broad SMARTS) is 1. The zero-order valence-electron chi connectivity index (χ0n) is 11.8. The largest absolute Gasteiger partial charge is 0.481 e. The van der Waals surface area contributed by atoms with Gasteiger partial charge in [0.2, 0.25) is 11.8 Å². The topological polar surface area (TPSA) is 86.7 Å². The standard InChI is InChI=1S/C13H24N2O4/c1-3-4-6-12(17)15(10-7-13(18)19)9-5-8-14-11(2)16/h3-10H2,1-2H3,(H,14,16)(H,18,19). The SMILES string of the molecule is CCCCC(=O)N(CCCNC(C)=O)CCC(=O)O. The van der Waals surface area contributed by atoms with Gasteiger partial charge in [0.25, 0.3) is 0 Å². The molecule has 0 aromatic rings. The molecular formula is C13H24N2O4. The van der Waals surface area contributed by atoms with Crippen LogP contribution in [0, 0.1) is 0 Å². The second kappa shape index (κ2) is 10.3. The number of hydrogen-bond donors (Lipinski definition) is 2. The van der Waals surface area contributed by atoms with E-state index < -0.39 is 5.97 Å². The van der Waals surface area contributed by atoms with Crippen LogP contribution in [-0.2, 0) is 14.4 Å². The molecule has 0 aromatic carbocycles. The first-order valence-corrected chi connectivity index (χ1v) is 6.71. The van der Waals surface area contributed by atoms with Gasteiger partial charge in [-0.3, -0.25) is 14.4 Å². The first-order valence-electron chi connectivity index (χ1n) is 6.71. The van der Waals surface area contributed by atoms with E-state index in [-0.39, 0.29) is 24.8 Å². The van der Waals surface area contributed by atoms with Gasteiger partial charge >= 0.3 is 5.97 Å². The maximum absolute atomic E-state index is 11.9. The number of unbranched alkanes of at least 4 members (excludes halogenated alkanes) is 1. The molecule has 19 heavy (non-hydrogen) atoms. The molecule has 0 rings (SSSR count). The molecule has 0 bridgehead atoms. The van der Waals surface area contributed by atoms with Gasteiger partial charge < -0.3 is 15.3 Å². The minimum atomic E-state index is -0.907. The second-order valence-electron chi connectivity index (χ2n) is 4.46. The Morgan fingerprint density at radius 3 is 2.32 bits per heavy atom. The van der Waals surface area contributed by atoms with Crippen LogP contribution < -0.4 is 5.32 Å². The van der Waals surface area contributed by atoms with Gasteiger partial charge in [0.05, 0.1) is 6.42 Å². The third-order valence-electron chi connectivity index (χ3n) is 2.67. The van der Waals surface area contributed by atoms with Crippen molar-refractivity contribution >= 4 is 17.8 Å². The summed E-state index contributed by atoms with van der Waals surface area (Å²) in [5.74, 6) is -1.02. The molecule has 0 saturated carbocycles. The third-order valence-corrected chi connectivity index (χ3v) is 2.67. The fourth-order valence-corrected chi connectivity index (χ4v) is 1.61. The molecule has 0 spiro atoms. The number of aliphatic carboxylic acids is 1. The Balaban J connectivity index is 4.12. The van der Waals surface area contributed by atoms with Gasteiger partial charge in [0, 0.05) is 33.0 Å². The van der Waals surface area contributed by atoms with Crippen LogP contribution in [0.5, 0.6) is 0 Å². The van der Waals surface area contributed by atoms with Crippen molar-refractivity contribution in [2.24, 2.45) is 0 Å². The first kappa shape index (κ1) is 17.4. The molecule has 0 radical (unpaired) electrons. The highest BCUT2D eigenvalue weighted by molar-refractivity contribution is 5.77. The Hall–Kier alpha value is -1.59. The molecule has 0 aliphatic heterocycles. The molecule has 6 heteroatoms. The van der Waals surface area contributed by atoms with Gasteiger partial charge in [-0.15, -0.1) is 0 Å². The van der Waals surface area contributed by atoms with Crippen molar-refractivity contribution in [1.29, 1.82) is 0 Å². The summed E-state index contributed by atoms with van der Waals surface area (Å²) in [6.45, 7) is 4.66. The van der Waals surface area contributed by atoms with Crippen LogP contribution in [-0.4, -0.2) is 47.4 Å². The van der Waals surface area contributed by atoms with Crippen LogP contribution in [0.3, 0.4) is 0 Å². The van der Waals surface area contributed by atoms with Crippen molar-refractivity contribution in [3.05, 3.63) is 0 Å². The summed E-state index contributed by atoms with van der Waals surface area (Å²) in [4.78, 5) is 34.7. The molecule has 110 valence electrons. The van der Waals surface area contributed by atoms with E-state index in [0.29, 0.717) is 25.9 Å². The highest BCUT2D eigenvalue weighted by Crippen LogP contribution is 2.03. The lowest BCUT2D eigenvalue weighted by Gasteiger charge is -2.22. The van der Waals surface area contributed by atoms with Gasteiger partial charge in [-0.1, -0.05) is 13.3 Å². The minimum Gasteiger partial charge on any atom is -0.481 e. The van der Waals surface area contributed by atoms with Crippen LogP contribution in [0.2, 0.25) is 0 Å². The predicted octanol–water partition coefficient (Wildman–Crippen LogP) is 1.01. The van der Waals surface area contributed by atoms with Crippen molar-refractivity contribution in [1.82, 2.24) is 10.2 Å². The van der Waals surface area contributed by atoms with E-state index in [2.05, 4.69) is 5.32 Å².